The fourth-order valence-electron chi connectivity index (χ4n) is 4.75. The van der Waals surface area contributed by atoms with Crippen molar-refractivity contribution >= 4 is 22.7 Å². The minimum Gasteiger partial charge on any atom is -0.314 e. The van der Waals surface area contributed by atoms with Crippen LogP contribution in [-0.4, -0.2) is 9.55 Å². The molecular weight excluding hydrogens is 328 g/mol. The Morgan fingerprint density at radius 3 is 2.93 bits per heavy atom. The Hall–Kier alpha value is -2.87. The van der Waals surface area contributed by atoms with Gasteiger partial charge in [-0.3, -0.25) is 4.98 Å². The first-order valence-corrected chi connectivity index (χ1v) is 9.93. The summed E-state index contributed by atoms with van der Waals surface area (Å²) in [5, 5.41) is 1.43. The molecule has 1 atom stereocenters. The third-order valence-electron chi connectivity index (χ3n) is 5.99. The van der Waals surface area contributed by atoms with Gasteiger partial charge in [0.1, 0.15) is 0 Å². The minimum atomic E-state index is 0.362. The summed E-state index contributed by atoms with van der Waals surface area (Å²) in [6.45, 7) is 3.97. The number of para-hydroxylation sites is 1. The smallest absolute Gasteiger partial charge is 0.0534 e. The number of hydrogen-bond acceptors (Lipinski definition) is 1. The summed E-state index contributed by atoms with van der Waals surface area (Å²) in [4.78, 5) is 4.26. The van der Waals surface area contributed by atoms with Gasteiger partial charge >= 0.3 is 0 Å². The number of aromatic nitrogens is 2. The summed E-state index contributed by atoms with van der Waals surface area (Å²) < 4.78 is 2.52. The molecule has 0 amide bonds. The molecule has 0 spiro atoms. The van der Waals surface area contributed by atoms with E-state index in [-0.39, 0.29) is 0 Å². The first-order chi connectivity index (χ1) is 13.4. The van der Waals surface area contributed by atoms with Gasteiger partial charge in [-0.15, -0.1) is 0 Å². The van der Waals surface area contributed by atoms with E-state index in [2.05, 4.69) is 64.7 Å². The molecule has 2 heterocycles. The molecule has 0 N–H and O–H groups in total. The predicted octanol–water partition coefficient (Wildman–Crippen LogP) is 6.14. The minimum absolute atomic E-state index is 0.362. The van der Waals surface area contributed by atoms with Crippen LogP contribution in [0.5, 0.6) is 0 Å². The number of benzene rings is 1. The molecule has 1 aromatic carbocycles. The molecule has 2 aliphatic rings. The van der Waals surface area contributed by atoms with Gasteiger partial charge in [0.2, 0.25) is 0 Å². The van der Waals surface area contributed by atoms with Crippen molar-refractivity contribution in [3.63, 3.8) is 0 Å². The normalized spacial score (nSPS) is 19.0. The monoisotopic (exact) mass is 352 g/mol. The van der Waals surface area contributed by atoms with Gasteiger partial charge in [0.05, 0.1) is 5.52 Å². The SMILES string of the molecule is C=Cc1cnccc1C1C=C(n2c3c(c4ccccc42)CCCC3)C=CC1. The maximum atomic E-state index is 4.26. The lowest BCUT2D eigenvalue weighted by molar-refractivity contribution is 0.668. The Morgan fingerprint density at radius 2 is 2.00 bits per heavy atom. The zero-order valence-electron chi connectivity index (χ0n) is 15.6. The quantitative estimate of drug-likeness (QED) is 0.553. The zero-order chi connectivity index (χ0) is 18.2. The highest BCUT2D eigenvalue weighted by Crippen LogP contribution is 2.38. The Labute approximate surface area is 160 Å². The molecule has 1 unspecified atom stereocenters. The molecule has 27 heavy (non-hydrogen) atoms. The Balaban J connectivity index is 1.67. The van der Waals surface area contributed by atoms with E-state index in [0.717, 1.165) is 12.0 Å². The van der Waals surface area contributed by atoms with Crippen molar-refractivity contribution in [3.05, 3.63) is 89.9 Å². The van der Waals surface area contributed by atoms with Crippen LogP contribution in [0.2, 0.25) is 0 Å². The number of aryl methyl sites for hydroxylation is 1. The third-order valence-corrected chi connectivity index (χ3v) is 5.99. The second-order valence-corrected chi connectivity index (χ2v) is 7.53. The van der Waals surface area contributed by atoms with E-state index in [4.69, 9.17) is 0 Å². The molecule has 0 radical (unpaired) electrons. The molecule has 0 fully saturated rings. The molecule has 5 rings (SSSR count). The van der Waals surface area contributed by atoms with Crippen LogP contribution >= 0.6 is 0 Å². The van der Waals surface area contributed by atoms with E-state index < -0.39 is 0 Å². The van der Waals surface area contributed by atoms with E-state index in [1.807, 2.05) is 18.5 Å². The number of pyridine rings is 1. The molecule has 2 aromatic heterocycles. The Bertz CT molecular complexity index is 1080. The fraction of sp³-hybridized carbons (Fsp3) is 0.240. The van der Waals surface area contributed by atoms with Crippen LogP contribution in [-0.2, 0) is 12.8 Å². The zero-order valence-corrected chi connectivity index (χ0v) is 15.6. The van der Waals surface area contributed by atoms with Crippen molar-refractivity contribution in [1.29, 1.82) is 0 Å². The maximum absolute atomic E-state index is 4.26. The van der Waals surface area contributed by atoms with E-state index in [0.29, 0.717) is 5.92 Å². The second-order valence-electron chi connectivity index (χ2n) is 7.53. The summed E-state index contributed by atoms with van der Waals surface area (Å²) in [7, 11) is 0. The van der Waals surface area contributed by atoms with Crippen molar-refractivity contribution in [2.45, 2.75) is 38.0 Å². The topological polar surface area (TPSA) is 17.8 Å². The summed E-state index contributed by atoms with van der Waals surface area (Å²) in [6, 6.07) is 11.0. The van der Waals surface area contributed by atoms with Gasteiger partial charge in [0.15, 0.2) is 0 Å². The van der Waals surface area contributed by atoms with Crippen LogP contribution in [0.3, 0.4) is 0 Å². The molecule has 0 saturated carbocycles. The molecule has 2 aliphatic carbocycles. The van der Waals surface area contributed by atoms with Gasteiger partial charge in [-0.25, -0.2) is 0 Å². The molecule has 3 aromatic rings. The lowest BCUT2D eigenvalue weighted by atomic mass is 9.89. The van der Waals surface area contributed by atoms with Gasteiger partial charge in [0, 0.05) is 35.1 Å². The van der Waals surface area contributed by atoms with E-state index in [1.165, 1.54) is 53.5 Å². The molecule has 0 bridgehead atoms. The largest absolute Gasteiger partial charge is 0.314 e. The molecule has 0 aliphatic heterocycles. The van der Waals surface area contributed by atoms with Gasteiger partial charge in [0.25, 0.3) is 0 Å². The lowest BCUT2D eigenvalue weighted by Crippen LogP contribution is -2.10. The first kappa shape index (κ1) is 16.3. The lowest BCUT2D eigenvalue weighted by Gasteiger charge is -2.22. The van der Waals surface area contributed by atoms with E-state index in [1.54, 1.807) is 5.56 Å². The number of fused-ring (bicyclic) bond motifs is 3. The highest BCUT2D eigenvalue weighted by atomic mass is 15.0. The molecular formula is C25H24N2. The molecule has 0 saturated heterocycles. The number of hydrogen-bond donors (Lipinski definition) is 0. The predicted molar refractivity (Wildman–Crippen MR) is 114 cm³/mol. The average molecular weight is 352 g/mol. The summed E-state index contributed by atoms with van der Waals surface area (Å²) in [5.41, 5.74) is 8.17. The first-order valence-electron chi connectivity index (χ1n) is 9.93. The van der Waals surface area contributed by atoms with Crippen molar-refractivity contribution < 1.29 is 0 Å². The summed E-state index contributed by atoms with van der Waals surface area (Å²) in [5.74, 6) is 0.362. The molecule has 2 nitrogen and oxygen atoms in total. The Kier molecular flexibility index (Phi) is 4.05. The van der Waals surface area contributed by atoms with Crippen molar-refractivity contribution in [1.82, 2.24) is 9.55 Å². The van der Waals surface area contributed by atoms with Crippen molar-refractivity contribution in [2.24, 2.45) is 0 Å². The van der Waals surface area contributed by atoms with E-state index in [9.17, 15) is 0 Å². The molecule has 2 heteroatoms. The second kappa shape index (κ2) is 6.70. The fourth-order valence-corrected chi connectivity index (χ4v) is 4.75. The van der Waals surface area contributed by atoms with Gasteiger partial charge in [-0.05, 0) is 67.0 Å². The van der Waals surface area contributed by atoms with Crippen molar-refractivity contribution in [3.8, 4) is 0 Å². The van der Waals surface area contributed by atoms with Crippen LogP contribution < -0.4 is 0 Å². The van der Waals surface area contributed by atoms with Gasteiger partial charge < -0.3 is 4.57 Å². The van der Waals surface area contributed by atoms with Gasteiger partial charge in [-0.2, -0.15) is 0 Å². The van der Waals surface area contributed by atoms with Crippen molar-refractivity contribution in [2.75, 3.05) is 0 Å². The standard InChI is InChI=1S/C25H24N2/c1-2-18-17-26-15-14-21(18)19-8-7-9-20(16-19)27-24-12-5-3-10-22(24)23-11-4-6-13-25(23)27/h2-3,5,7,9-10,12,14-17,19H,1,4,6,8,11,13H2. The third kappa shape index (κ3) is 2.68. The van der Waals surface area contributed by atoms with Crippen LogP contribution in [0.4, 0.5) is 0 Å². The molecule has 134 valence electrons. The highest BCUT2D eigenvalue weighted by Gasteiger charge is 2.23. The number of nitrogens with zero attached hydrogens (tertiary/aromatic N) is 2. The average Bonchev–Trinajstić information content (AvgIpc) is 3.08. The van der Waals surface area contributed by atoms with Crippen LogP contribution in [0.15, 0.2) is 67.5 Å². The van der Waals surface area contributed by atoms with Gasteiger partial charge in [-0.1, -0.05) is 43.0 Å². The van der Waals surface area contributed by atoms with Crippen LogP contribution in [0, 0.1) is 0 Å². The maximum Gasteiger partial charge on any atom is 0.0534 e. The Morgan fingerprint density at radius 1 is 1.11 bits per heavy atom. The van der Waals surface area contributed by atoms with Crippen LogP contribution in [0.25, 0.3) is 22.7 Å². The summed E-state index contributed by atoms with van der Waals surface area (Å²) in [6.07, 6.45) is 18.8. The van der Waals surface area contributed by atoms with Crippen LogP contribution in [0.1, 0.15) is 47.6 Å². The highest BCUT2D eigenvalue weighted by molar-refractivity contribution is 5.90. The van der Waals surface area contributed by atoms with E-state index >= 15 is 0 Å². The number of rotatable bonds is 3. The number of allylic oxidation sites excluding steroid dienone is 4. The summed E-state index contributed by atoms with van der Waals surface area (Å²) >= 11 is 0.